The van der Waals surface area contributed by atoms with E-state index in [1.165, 1.54) is 0 Å². The third-order valence-electron chi connectivity index (χ3n) is 3.25. The summed E-state index contributed by atoms with van der Waals surface area (Å²) in [6.45, 7) is 2.49. The molecule has 1 aromatic heterocycles. The second kappa shape index (κ2) is 7.95. The van der Waals surface area contributed by atoms with Crippen molar-refractivity contribution in [2.45, 2.75) is 19.8 Å². The average molecular weight is 402 g/mol. The van der Waals surface area contributed by atoms with E-state index in [0.717, 1.165) is 10.0 Å². The molecule has 0 radical (unpaired) electrons. The van der Waals surface area contributed by atoms with Gasteiger partial charge in [0.05, 0.1) is 10.0 Å². The second-order valence-corrected chi connectivity index (χ2v) is 6.39. The number of aromatic nitrogens is 1. The standard InChI is InChI=1S/C16H15BrCl2N2O/c1-2-21(14-8-7-12(17)10-20-14)15(22)9-6-11-4-3-5-13(18)16(11)19/h3-5,7-8,10H,2,6,9H2,1H3. The van der Waals surface area contributed by atoms with E-state index in [1.54, 1.807) is 17.2 Å². The number of halogens is 3. The Morgan fingerprint density at radius 1 is 1.27 bits per heavy atom. The Bertz CT molecular complexity index is 662. The van der Waals surface area contributed by atoms with Gasteiger partial charge < -0.3 is 0 Å². The van der Waals surface area contributed by atoms with Crippen LogP contribution in [0.15, 0.2) is 41.0 Å². The van der Waals surface area contributed by atoms with Crippen LogP contribution in [0.4, 0.5) is 5.82 Å². The second-order valence-electron chi connectivity index (χ2n) is 4.69. The van der Waals surface area contributed by atoms with Crippen LogP contribution >= 0.6 is 39.1 Å². The summed E-state index contributed by atoms with van der Waals surface area (Å²) in [5, 5.41) is 1.02. The van der Waals surface area contributed by atoms with Gasteiger partial charge in [0.25, 0.3) is 0 Å². The van der Waals surface area contributed by atoms with Crippen LogP contribution in [0, 0.1) is 0 Å². The molecule has 0 atom stereocenters. The fourth-order valence-corrected chi connectivity index (χ4v) is 2.76. The number of carbonyl (C=O) groups is 1. The number of carbonyl (C=O) groups excluding carboxylic acids is 1. The third-order valence-corrected chi connectivity index (χ3v) is 4.57. The van der Waals surface area contributed by atoms with Crippen molar-refractivity contribution in [1.82, 2.24) is 4.98 Å². The van der Waals surface area contributed by atoms with Crippen molar-refractivity contribution in [3.63, 3.8) is 0 Å². The molecule has 0 saturated carbocycles. The highest BCUT2D eigenvalue weighted by molar-refractivity contribution is 9.10. The number of nitrogens with zero attached hydrogens (tertiary/aromatic N) is 2. The smallest absolute Gasteiger partial charge is 0.228 e. The maximum atomic E-state index is 12.4. The maximum absolute atomic E-state index is 12.4. The molecule has 2 aromatic rings. The van der Waals surface area contributed by atoms with Crippen LogP contribution in [0.2, 0.25) is 10.0 Å². The summed E-state index contributed by atoms with van der Waals surface area (Å²) in [7, 11) is 0. The van der Waals surface area contributed by atoms with Gasteiger partial charge in [0.15, 0.2) is 0 Å². The van der Waals surface area contributed by atoms with Crippen LogP contribution in [-0.4, -0.2) is 17.4 Å². The highest BCUT2D eigenvalue weighted by Gasteiger charge is 2.16. The highest BCUT2D eigenvalue weighted by atomic mass is 79.9. The van der Waals surface area contributed by atoms with Gasteiger partial charge >= 0.3 is 0 Å². The lowest BCUT2D eigenvalue weighted by Gasteiger charge is -2.20. The van der Waals surface area contributed by atoms with Gasteiger partial charge in [0.1, 0.15) is 5.82 Å². The highest BCUT2D eigenvalue weighted by Crippen LogP contribution is 2.26. The van der Waals surface area contributed by atoms with Crippen molar-refractivity contribution in [1.29, 1.82) is 0 Å². The summed E-state index contributed by atoms with van der Waals surface area (Å²) in [4.78, 5) is 18.4. The van der Waals surface area contributed by atoms with Crippen molar-refractivity contribution in [3.05, 3.63) is 56.6 Å². The number of rotatable bonds is 5. The van der Waals surface area contributed by atoms with Crippen molar-refractivity contribution in [3.8, 4) is 0 Å². The van der Waals surface area contributed by atoms with Crippen molar-refractivity contribution in [2.24, 2.45) is 0 Å². The Morgan fingerprint density at radius 3 is 2.68 bits per heavy atom. The first-order valence-corrected chi connectivity index (χ1v) is 8.42. The van der Waals surface area contributed by atoms with Crippen molar-refractivity contribution < 1.29 is 4.79 Å². The van der Waals surface area contributed by atoms with Crippen molar-refractivity contribution >= 4 is 50.9 Å². The Morgan fingerprint density at radius 2 is 2.05 bits per heavy atom. The van der Waals surface area contributed by atoms with Gasteiger partial charge in [-0.3, -0.25) is 9.69 Å². The van der Waals surface area contributed by atoms with Gasteiger partial charge in [0.2, 0.25) is 5.91 Å². The molecule has 22 heavy (non-hydrogen) atoms. The van der Waals surface area contributed by atoms with Crippen LogP contribution < -0.4 is 4.90 Å². The van der Waals surface area contributed by atoms with Crippen LogP contribution in [0.5, 0.6) is 0 Å². The lowest BCUT2D eigenvalue weighted by molar-refractivity contribution is -0.118. The third kappa shape index (κ3) is 4.22. The van der Waals surface area contributed by atoms with Gasteiger partial charge in [-0.05, 0) is 53.0 Å². The molecule has 6 heteroatoms. The predicted octanol–water partition coefficient (Wildman–Crippen LogP) is 5.14. The number of anilines is 1. The van der Waals surface area contributed by atoms with Gasteiger partial charge in [0, 0.05) is 23.6 Å². The molecular formula is C16H15BrCl2N2O. The zero-order valence-corrected chi connectivity index (χ0v) is 15.1. The number of pyridine rings is 1. The molecule has 1 aromatic carbocycles. The normalized spacial score (nSPS) is 10.5. The topological polar surface area (TPSA) is 33.2 Å². The van der Waals surface area contributed by atoms with E-state index < -0.39 is 0 Å². The molecule has 0 saturated heterocycles. The average Bonchev–Trinajstić information content (AvgIpc) is 2.51. The van der Waals surface area contributed by atoms with Crippen molar-refractivity contribution in [2.75, 3.05) is 11.4 Å². The number of aryl methyl sites for hydroxylation is 1. The maximum Gasteiger partial charge on any atom is 0.228 e. The van der Waals surface area contributed by atoms with Crippen LogP contribution in [0.3, 0.4) is 0 Å². The fourth-order valence-electron chi connectivity index (χ4n) is 2.11. The Balaban J connectivity index is 2.06. The lowest BCUT2D eigenvalue weighted by Crippen LogP contribution is -2.31. The van der Waals surface area contributed by atoms with Gasteiger partial charge in [-0.2, -0.15) is 0 Å². The van der Waals surface area contributed by atoms with Crippen LogP contribution in [-0.2, 0) is 11.2 Å². The molecule has 0 aliphatic carbocycles. The zero-order chi connectivity index (χ0) is 16.1. The first-order valence-electron chi connectivity index (χ1n) is 6.87. The predicted molar refractivity (Wildman–Crippen MR) is 94.7 cm³/mol. The summed E-state index contributed by atoms with van der Waals surface area (Å²) < 4.78 is 0.880. The Labute approximate surface area is 148 Å². The molecule has 0 aliphatic rings. The van der Waals surface area contributed by atoms with Gasteiger partial charge in [-0.1, -0.05) is 35.3 Å². The summed E-state index contributed by atoms with van der Waals surface area (Å²) in [6, 6.07) is 9.14. The van der Waals surface area contributed by atoms with E-state index in [0.29, 0.717) is 35.2 Å². The molecule has 0 N–H and O–H groups in total. The summed E-state index contributed by atoms with van der Waals surface area (Å²) >= 11 is 15.5. The molecule has 0 unspecified atom stereocenters. The molecule has 0 bridgehead atoms. The summed E-state index contributed by atoms with van der Waals surface area (Å²) in [5.74, 6) is 0.654. The van der Waals surface area contributed by atoms with E-state index in [1.807, 2.05) is 31.2 Å². The Kier molecular flexibility index (Phi) is 6.24. The quantitative estimate of drug-likeness (QED) is 0.695. The van der Waals surface area contributed by atoms with E-state index in [-0.39, 0.29) is 5.91 Å². The van der Waals surface area contributed by atoms with Gasteiger partial charge in [-0.15, -0.1) is 0 Å². The first-order chi connectivity index (χ1) is 10.5. The minimum absolute atomic E-state index is 0.00775. The molecule has 1 amide bonds. The monoisotopic (exact) mass is 400 g/mol. The fraction of sp³-hybridized carbons (Fsp3) is 0.250. The minimum Gasteiger partial charge on any atom is -0.297 e. The summed E-state index contributed by atoms with van der Waals surface area (Å²) in [6.07, 6.45) is 2.58. The van der Waals surface area contributed by atoms with E-state index in [9.17, 15) is 4.79 Å². The molecule has 2 rings (SSSR count). The number of benzene rings is 1. The van der Waals surface area contributed by atoms with Gasteiger partial charge in [-0.25, -0.2) is 4.98 Å². The van der Waals surface area contributed by atoms with E-state index >= 15 is 0 Å². The molecule has 0 spiro atoms. The minimum atomic E-state index is 0.00775. The molecule has 3 nitrogen and oxygen atoms in total. The molecular weight excluding hydrogens is 387 g/mol. The van der Waals surface area contributed by atoms with E-state index in [4.69, 9.17) is 23.2 Å². The number of hydrogen-bond donors (Lipinski definition) is 0. The molecule has 0 fully saturated rings. The molecule has 0 aliphatic heterocycles. The van der Waals surface area contributed by atoms with Crippen LogP contribution in [0.1, 0.15) is 18.9 Å². The summed E-state index contributed by atoms with van der Waals surface area (Å²) in [5.41, 5.74) is 0.877. The largest absolute Gasteiger partial charge is 0.297 e. The molecule has 1 heterocycles. The van der Waals surface area contributed by atoms with Crippen LogP contribution in [0.25, 0.3) is 0 Å². The molecule has 116 valence electrons. The zero-order valence-electron chi connectivity index (χ0n) is 12.0. The first kappa shape index (κ1) is 17.3. The SMILES string of the molecule is CCN(C(=O)CCc1cccc(Cl)c1Cl)c1ccc(Br)cn1. The van der Waals surface area contributed by atoms with E-state index in [2.05, 4.69) is 20.9 Å². The number of hydrogen-bond acceptors (Lipinski definition) is 2. The lowest BCUT2D eigenvalue weighted by atomic mass is 10.1. The number of amides is 1. The Hall–Kier alpha value is -1.10.